The highest BCUT2D eigenvalue weighted by molar-refractivity contribution is 5.77. The number of carbonyl (C=O) groups excluding carboxylic acids is 2. The van der Waals surface area contributed by atoms with Gasteiger partial charge in [0.05, 0.1) is 6.61 Å². The molecule has 0 aliphatic carbocycles. The van der Waals surface area contributed by atoms with Crippen LogP contribution in [0.15, 0.2) is 0 Å². The van der Waals surface area contributed by atoms with Gasteiger partial charge in [-0.1, -0.05) is 13.8 Å². The largest absolute Gasteiger partial charge is 0.463 e. The predicted octanol–water partition coefficient (Wildman–Crippen LogP) is -0.393. The Morgan fingerprint density at radius 2 is 2.23 bits per heavy atom. The Labute approximate surface area is 77.6 Å². The van der Waals surface area contributed by atoms with Crippen LogP contribution in [0.25, 0.3) is 0 Å². The van der Waals surface area contributed by atoms with Crippen LogP contribution in [-0.4, -0.2) is 25.2 Å². The molecule has 76 valence electrons. The van der Waals surface area contributed by atoms with Crippen LogP contribution in [0.3, 0.4) is 0 Å². The van der Waals surface area contributed by atoms with Gasteiger partial charge in [-0.15, -0.1) is 0 Å². The highest BCUT2D eigenvalue weighted by Crippen LogP contribution is 1.98. The second-order valence-corrected chi connectivity index (χ2v) is 3.11. The van der Waals surface area contributed by atoms with Crippen LogP contribution >= 0.6 is 0 Å². The van der Waals surface area contributed by atoms with Crippen LogP contribution in [0.4, 0.5) is 0 Å². The number of hydrogen-bond donors (Lipinski definition) is 2. The van der Waals surface area contributed by atoms with Crippen molar-refractivity contribution in [1.29, 1.82) is 0 Å². The normalized spacial score (nSPS) is 12.3. The first-order chi connectivity index (χ1) is 6.07. The summed E-state index contributed by atoms with van der Waals surface area (Å²) >= 11 is 0. The molecule has 0 heterocycles. The van der Waals surface area contributed by atoms with Gasteiger partial charge in [0.2, 0.25) is 6.41 Å². The summed E-state index contributed by atoms with van der Waals surface area (Å²) in [5, 5.41) is 2.11. The van der Waals surface area contributed by atoms with Gasteiger partial charge in [-0.2, -0.15) is 0 Å². The van der Waals surface area contributed by atoms with Crippen molar-refractivity contribution in [1.82, 2.24) is 5.32 Å². The van der Waals surface area contributed by atoms with Crippen molar-refractivity contribution in [3.63, 3.8) is 0 Å². The lowest BCUT2D eigenvalue weighted by atomic mass is 10.1. The zero-order valence-electron chi connectivity index (χ0n) is 7.95. The Hall–Kier alpha value is -1.10. The van der Waals surface area contributed by atoms with E-state index in [0.29, 0.717) is 18.9 Å². The highest BCUT2D eigenvalue weighted by Gasteiger charge is 2.12. The van der Waals surface area contributed by atoms with E-state index >= 15 is 0 Å². The van der Waals surface area contributed by atoms with Crippen molar-refractivity contribution in [2.24, 2.45) is 11.7 Å². The third-order valence-corrected chi connectivity index (χ3v) is 1.44. The number of hydrogen-bond acceptors (Lipinski definition) is 4. The minimum absolute atomic E-state index is 0.338. The van der Waals surface area contributed by atoms with E-state index in [-0.39, 0.29) is 0 Å². The third-order valence-electron chi connectivity index (χ3n) is 1.44. The van der Waals surface area contributed by atoms with Gasteiger partial charge in [-0.3, -0.25) is 4.79 Å². The molecule has 0 spiro atoms. The molecule has 0 fully saturated rings. The van der Waals surface area contributed by atoms with Crippen LogP contribution < -0.4 is 11.1 Å². The van der Waals surface area contributed by atoms with Crippen LogP contribution in [0.2, 0.25) is 0 Å². The maximum absolute atomic E-state index is 10.9. The summed E-state index contributed by atoms with van der Waals surface area (Å²) in [6.07, 6.45) is 0.109. The number of ether oxygens (including phenoxy) is 1. The molecule has 0 aliphatic heterocycles. The maximum atomic E-state index is 10.9. The molecule has 5 heteroatoms. The number of nitrogens with two attached hydrogens (primary N) is 1. The first-order valence-electron chi connectivity index (χ1n) is 4.19. The minimum Gasteiger partial charge on any atom is -0.463 e. The van der Waals surface area contributed by atoms with Crippen molar-refractivity contribution in [2.45, 2.75) is 26.4 Å². The molecule has 0 aromatic rings. The van der Waals surface area contributed by atoms with Gasteiger partial charge in [0, 0.05) is 0 Å². The topological polar surface area (TPSA) is 81.4 Å². The SMILES string of the molecule is CC(C)CCOC(=O)C(N)NC=O. The van der Waals surface area contributed by atoms with Gasteiger partial charge in [-0.05, 0) is 12.3 Å². The van der Waals surface area contributed by atoms with E-state index in [1.54, 1.807) is 0 Å². The van der Waals surface area contributed by atoms with Crippen molar-refractivity contribution >= 4 is 12.4 Å². The number of esters is 1. The van der Waals surface area contributed by atoms with E-state index in [2.05, 4.69) is 5.32 Å². The summed E-state index contributed by atoms with van der Waals surface area (Å²) in [5.74, 6) is -0.129. The summed E-state index contributed by atoms with van der Waals surface area (Å²) in [6.45, 7) is 4.39. The highest BCUT2D eigenvalue weighted by atomic mass is 16.5. The van der Waals surface area contributed by atoms with Crippen molar-refractivity contribution in [3.8, 4) is 0 Å². The smallest absolute Gasteiger partial charge is 0.343 e. The van der Waals surface area contributed by atoms with Gasteiger partial charge < -0.3 is 15.8 Å². The Bertz CT molecular complexity index is 171. The zero-order chi connectivity index (χ0) is 10.3. The second-order valence-electron chi connectivity index (χ2n) is 3.11. The fourth-order valence-corrected chi connectivity index (χ4v) is 0.626. The molecule has 3 N–H and O–H groups in total. The minimum atomic E-state index is -1.05. The average molecular weight is 188 g/mol. The molecule has 0 saturated heterocycles. The molecule has 0 bridgehead atoms. The zero-order valence-corrected chi connectivity index (χ0v) is 7.95. The number of carbonyl (C=O) groups is 2. The molecular formula is C8H16N2O3. The number of amides is 1. The van der Waals surface area contributed by atoms with E-state index in [1.807, 2.05) is 13.8 Å². The summed E-state index contributed by atoms with van der Waals surface area (Å²) in [7, 11) is 0. The molecule has 0 aliphatic rings. The fraction of sp³-hybridized carbons (Fsp3) is 0.750. The molecule has 0 aromatic heterocycles. The first kappa shape index (κ1) is 11.9. The lowest BCUT2D eigenvalue weighted by Crippen LogP contribution is -2.44. The van der Waals surface area contributed by atoms with Gasteiger partial charge in [0.25, 0.3) is 0 Å². The molecule has 0 radical (unpaired) electrons. The molecule has 0 aromatic carbocycles. The van der Waals surface area contributed by atoms with Crippen molar-refractivity contribution in [3.05, 3.63) is 0 Å². The van der Waals surface area contributed by atoms with Gasteiger partial charge in [0.1, 0.15) is 0 Å². The summed E-state index contributed by atoms with van der Waals surface area (Å²) in [4.78, 5) is 20.8. The van der Waals surface area contributed by atoms with Gasteiger partial charge in [0.15, 0.2) is 6.17 Å². The van der Waals surface area contributed by atoms with E-state index in [9.17, 15) is 9.59 Å². The molecular weight excluding hydrogens is 172 g/mol. The van der Waals surface area contributed by atoms with E-state index < -0.39 is 12.1 Å². The number of rotatable bonds is 6. The van der Waals surface area contributed by atoms with Crippen LogP contribution in [0.1, 0.15) is 20.3 Å². The molecule has 1 atom stereocenters. The number of nitrogens with one attached hydrogen (secondary N) is 1. The Kier molecular flexibility index (Phi) is 5.88. The second kappa shape index (κ2) is 6.42. The Morgan fingerprint density at radius 3 is 2.69 bits per heavy atom. The quantitative estimate of drug-likeness (QED) is 0.338. The predicted molar refractivity (Wildman–Crippen MR) is 47.6 cm³/mol. The summed E-state index contributed by atoms with van der Waals surface area (Å²) < 4.78 is 4.78. The maximum Gasteiger partial charge on any atom is 0.343 e. The van der Waals surface area contributed by atoms with Gasteiger partial charge >= 0.3 is 5.97 Å². The molecule has 0 rings (SSSR count). The van der Waals surface area contributed by atoms with Crippen LogP contribution in [0, 0.1) is 5.92 Å². The van der Waals surface area contributed by atoms with E-state index in [1.165, 1.54) is 0 Å². The third kappa shape index (κ3) is 6.10. The van der Waals surface area contributed by atoms with E-state index in [4.69, 9.17) is 10.5 Å². The molecule has 1 amide bonds. The average Bonchev–Trinajstić information content (AvgIpc) is 2.04. The Morgan fingerprint density at radius 1 is 1.62 bits per heavy atom. The van der Waals surface area contributed by atoms with Crippen molar-refractivity contribution in [2.75, 3.05) is 6.61 Å². The molecule has 1 unspecified atom stereocenters. The van der Waals surface area contributed by atoms with Crippen LogP contribution in [0.5, 0.6) is 0 Å². The van der Waals surface area contributed by atoms with Crippen LogP contribution in [-0.2, 0) is 14.3 Å². The fourth-order valence-electron chi connectivity index (χ4n) is 0.626. The first-order valence-corrected chi connectivity index (χ1v) is 4.19. The monoisotopic (exact) mass is 188 g/mol. The Balaban J connectivity index is 3.55. The summed E-state index contributed by atoms with van der Waals surface area (Å²) in [5.41, 5.74) is 5.23. The van der Waals surface area contributed by atoms with Crippen molar-refractivity contribution < 1.29 is 14.3 Å². The summed E-state index contributed by atoms with van der Waals surface area (Å²) in [6, 6.07) is 0. The van der Waals surface area contributed by atoms with E-state index in [0.717, 1.165) is 6.42 Å². The lowest BCUT2D eigenvalue weighted by molar-refractivity contribution is -0.147. The molecule has 13 heavy (non-hydrogen) atoms. The standard InChI is InChI=1S/C8H16N2O3/c1-6(2)3-4-13-8(12)7(9)10-5-11/h5-7H,3-4,9H2,1-2H3,(H,10,11). The molecule has 0 saturated carbocycles. The molecule has 5 nitrogen and oxygen atoms in total. The van der Waals surface area contributed by atoms with Gasteiger partial charge in [-0.25, -0.2) is 4.79 Å². The lowest BCUT2D eigenvalue weighted by Gasteiger charge is -2.10.